The maximum Gasteiger partial charge on any atom is 0.254 e. The molecule has 110 valence electrons. The Morgan fingerprint density at radius 2 is 1.95 bits per heavy atom. The summed E-state index contributed by atoms with van der Waals surface area (Å²) in [6.07, 6.45) is 6.95. The van der Waals surface area contributed by atoms with Crippen LogP contribution in [0.4, 0.5) is 0 Å². The SMILES string of the molecule is Cc1ccccc1C(=O)N(CCCN)C1CCCCC1. The summed E-state index contributed by atoms with van der Waals surface area (Å²) < 4.78 is 0. The zero-order chi connectivity index (χ0) is 14.4. The highest BCUT2D eigenvalue weighted by Gasteiger charge is 2.26. The second-order valence-electron chi connectivity index (χ2n) is 5.75. The van der Waals surface area contributed by atoms with Crippen molar-refractivity contribution in [3.63, 3.8) is 0 Å². The summed E-state index contributed by atoms with van der Waals surface area (Å²) in [6, 6.07) is 8.28. The van der Waals surface area contributed by atoms with Crippen LogP contribution in [-0.2, 0) is 0 Å². The predicted molar refractivity (Wildman–Crippen MR) is 82.8 cm³/mol. The van der Waals surface area contributed by atoms with E-state index in [4.69, 9.17) is 5.73 Å². The van der Waals surface area contributed by atoms with Gasteiger partial charge in [-0.1, -0.05) is 37.5 Å². The Labute approximate surface area is 122 Å². The lowest BCUT2D eigenvalue weighted by Crippen LogP contribution is -2.42. The fraction of sp³-hybridized carbons (Fsp3) is 0.588. The highest BCUT2D eigenvalue weighted by atomic mass is 16.2. The van der Waals surface area contributed by atoms with Crippen LogP contribution in [0, 0.1) is 6.92 Å². The number of nitrogens with zero attached hydrogens (tertiary/aromatic N) is 1. The van der Waals surface area contributed by atoms with Gasteiger partial charge in [0.15, 0.2) is 0 Å². The first-order valence-corrected chi connectivity index (χ1v) is 7.80. The molecule has 0 bridgehead atoms. The molecule has 1 aromatic rings. The third-order valence-corrected chi connectivity index (χ3v) is 4.25. The topological polar surface area (TPSA) is 46.3 Å². The second-order valence-corrected chi connectivity index (χ2v) is 5.75. The van der Waals surface area contributed by atoms with Gasteiger partial charge in [0, 0.05) is 18.2 Å². The molecule has 0 heterocycles. The average Bonchev–Trinajstić information content (AvgIpc) is 2.49. The van der Waals surface area contributed by atoms with Crippen molar-refractivity contribution >= 4 is 5.91 Å². The first-order valence-electron chi connectivity index (χ1n) is 7.80. The van der Waals surface area contributed by atoms with E-state index < -0.39 is 0 Å². The number of aryl methyl sites for hydroxylation is 1. The number of carbonyl (C=O) groups is 1. The predicted octanol–water partition coefficient (Wildman–Crippen LogP) is 3.12. The van der Waals surface area contributed by atoms with E-state index in [-0.39, 0.29) is 5.91 Å². The lowest BCUT2D eigenvalue weighted by molar-refractivity contribution is 0.0632. The van der Waals surface area contributed by atoms with Gasteiger partial charge in [-0.3, -0.25) is 4.79 Å². The molecule has 3 nitrogen and oxygen atoms in total. The fourth-order valence-electron chi connectivity index (χ4n) is 3.07. The van der Waals surface area contributed by atoms with Gasteiger partial charge in [-0.05, 0) is 44.4 Å². The van der Waals surface area contributed by atoms with Crippen LogP contribution in [0.2, 0.25) is 0 Å². The van der Waals surface area contributed by atoms with Gasteiger partial charge in [0.1, 0.15) is 0 Å². The molecule has 20 heavy (non-hydrogen) atoms. The minimum Gasteiger partial charge on any atom is -0.336 e. The van der Waals surface area contributed by atoms with Gasteiger partial charge in [-0.15, -0.1) is 0 Å². The van der Waals surface area contributed by atoms with E-state index in [0.717, 1.165) is 36.9 Å². The van der Waals surface area contributed by atoms with Gasteiger partial charge in [0.25, 0.3) is 5.91 Å². The van der Waals surface area contributed by atoms with Crippen molar-refractivity contribution in [1.29, 1.82) is 0 Å². The van der Waals surface area contributed by atoms with Crippen LogP contribution in [0.1, 0.15) is 54.4 Å². The van der Waals surface area contributed by atoms with Crippen molar-refractivity contribution < 1.29 is 4.79 Å². The molecule has 0 spiro atoms. The van der Waals surface area contributed by atoms with Crippen LogP contribution in [0.3, 0.4) is 0 Å². The van der Waals surface area contributed by atoms with Gasteiger partial charge >= 0.3 is 0 Å². The summed E-state index contributed by atoms with van der Waals surface area (Å²) in [5.74, 6) is 0.184. The highest BCUT2D eigenvalue weighted by molar-refractivity contribution is 5.95. The number of hydrogen-bond donors (Lipinski definition) is 1. The van der Waals surface area contributed by atoms with Gasteiger partial charge in [-0.2, -0.15) is 0 Å². The molecule has 1 amide bonds. The molecule has 1 aliphatic carbocycles. The summed E-state index contributed by atoms with van der Waals surface area (Å²) in [5, 5.41) is 0. The molecule has 0 atom stereocenters. The molecular formula is C17H26N2O. The zero-order valence-corrected chi connectivity index (χ0v) is 12.5. The van der Waals surface area contributed by atoms with Crippen LogP contribution >= 0.6 is 0 Å². The zero-order valence-electron chi connectivity index (χ0n) is 12.5. The summed E-state index contributed by atoms with van der Waals surface area (Å²) in [6.45, 7) is 3.44. The first kappa shape index (κ1) is 15.0. The van der Waals surface area contributed by atoms with E-state index >= 15 is 0 Å². The Kier molecular flexibility index (Phi) is 5.60. The molecule has 1 aliphatic rings. The molecule has 0 saturated heterocycles. The third-order valence-electron chi connectivity index (χ3n) is 4.25. The van der Waals surface area contributed by atoms with E-state index in [1.54, 1.807) is 0 Å². The molecule has 2 rings (SSSR count). The van der Waals surface area contributed by atoms with Crippen LogP contribution in [0.5, 0.6) is 0 Å². The lowest BCUT2D eigenvalue weighted by atomic mass is 9.93. The van der Waals surface area contributed by atoms with E-state index in [1.807, 2.05) is 31.2 Å². The van der Waals surface area contributed by atoms with E-state index in [9.17, 15) is 4.79 Å². The number of hydrogen-bond acceptors (Lipinski definition) is 2. The largest absolute Gasteiger partial charge is 0.336 e. The Hall–Kier alpha value is -1.35. The quantitative estimate of drug-likeness (QED) is 0.896. The monoisotopic (exact) mass is 274 g/mol. The summed E-state index contributed by atoms with van der Waals surface area (Å²) in [5.41, 5.74) is 7.54. The Morgan fingerprint density at radius 3 is 2.60 bits per heavy atom. The minimum absolute atomic E-state index is 0.184. The molecule has 1 aromatic carbocycles. The molecule has 0 aromatic heterocycles. The van der Waals surface area contributed by atoms with E-state index in [2.05, 4.69) is 4.90 Å². The van der Waals surface area contributed by atoms with Gasteiger partial charge in [-0.25, -0.2) is 0 Å². The third kappa shape index (κ3) is 3.60. The van der Waals surface area contributed by atoms with Crippen molar-refractivity contribution in [1.82, 2.24) is 4.90 Å². The summed E-state index contributed by atoms with van der Waals surface area (Å²) >= 11 is 0. The van der Waals surface area contributed by atoms with Crippen LogP contribution in [0.15, 0.2) is 24.3 Å². The highest BCUT2D eigenvalue weighted by Crippen LogP contribution is 2.24. The van der Waals surface area contributed by atoms with Crippen molar-refractivity contribution in [2.45, 2.75) is 51.5 Å². The number of amides is 1. The number of carbonyl (C=O) groups excluding carboxylic acids is 1. The lowest BCUT2D eigenvalue weighted by Gasteiger charge is -2.35. The van der Waals surface area contributed by atoms with Gasteiger partial charge in [0.2, 0.25) is 0 Å². The van der Waals surface area contributed by atoms with Crippen LogP contribution in [0.25, 0.3) is 0 Å². The van der Waals surface area contributed by atoms with Gasteiger partial charge in [0.05, 0.1) is 0 Å². The van der Waals surface area contributed by atoms with E-state index in [1.165, 1.54) is 19.3 Å². The van der Waals surface area contributed by atoms with Crippen molar-refractivity contribution in [3.8, 4) is 0 Å². The Balaban J connectivity index is 2.16. The van der Waals surface area contributed by atoms with Crippen LogP contribution < -0.4 is 5.73 Å². The maximum absolute atomic E-state index is 12.9. The van der Waals surface area contributed by atoms with Crippen molar-refractivity contribution in [2.75, 3.05) is 13.1 Å². The molecule has 0 aliphatic heterocycles. The second kappa shape index (κ2) is 7.44. The Bertz CT molecular complexity index is 438. The summed E-state index contributed by atoms with van der Waals surface area (Å²) in [7, 11) is 0. The molecule has 0 unspecified atom stereocenters. The molecule has 3 heteroatoms. The summed E-state index contributed by atoms with van der Waals surface area (Å²) in [4.78, 5) is 14.9. The molecular weight excluding hydrogens is 248 g/mol. The number of nitrogens with two attached hydrogens (primary N) is 1. The first-order chi connectivity index (χ1) is 9.74. The number of benzene rings is 1. The van der Waals surface area contributed by atoms with Crippen LogP contribution in [-0.4, -0.2) is 29.9 Å². The van der Waals surface area contributed by atoms with E-state index in [0.29, 0.717) is 12.6 Å². The normalized spacial score (nSPS) is 16.1. The number of rotatable bonds is 5. The molecule has 1 saturated carbocycles. The average molecular weight is 274 g/mol. The molecule has 1 fully saturated rings. The Morgan fingerprint density at radius 1 is 1.25 bits per heavy atom. The standard InChI is InChI=1S/C17H26N2O/c1-14-8-5-6-11-16(14)17(20)19(13-7-12-18)15-9-3-2-4-10-15/h5-6,8,11,15H,2-4,7,9-10,12-13,18H2,1H3. The minimum atomic E-state index is 0.184. The van der Waals surface area contributed by atoms with Crippen molar-refractivity contribution in [3.05, 3.63) is 35.4 Å². The fourth-order valence-corrected chi connectivity index (χ4v) is 3.07. The van der Waals surface area contributed by atoms with Gasteiger partial charge < -0.3 is 10.6 Å². The van der Waals surface area contributed by atoms with Crippen molar-refractivity contribution in [2.24, 2.45) is 5.73 Å². The maximum atomic E-state index is 12.9. The molecule has 2 N–H and O–H groups in total. The smallest absolute Gasteiger partial charge is 0.254 e. The molecule has 0 radical (unpaired) electrons.